The van der Waals surface area contributed by atoms with Crippen molar-refractivity contribution in [1.29, 1.82) is 0 Å². The van der Waals surface area contributed by atoms with Gasteiger partial charge >= 0.3 is 0 Å². The summed E-state index contributed by atoms with van der Waals surface area (Å²) in [6, 6.07) is 3.95. The predicted octanol–water partition coefficient (Wildman–Crippen LogP) is 1.36. The molecule has 21 heavy (non-hydrogen) atoms. The molecule has 0 radical (unpaired) electrons. The number of sulfonamides is 1. The number of rotatable bonds is 6. The fraction of sp³-hybridized carbons (Fsp3) is 0.500. The number of hydrogen-bond donors (Lipinski definition) is 2. The molecular formula is C14H22N2O4S. The lowest BCUT2D eigenvalue weighted by Crippen LogP contribution is -2.30. The van der Waals surface area contributed by atoms with E-state index in [2.05, 4.69) is 19.2 Å². The Morgan fingerprint density at radius 1 is 1.33 bits per heavy atom. The molecule has 0 aromatic heterocycles. The van der Waals surface area contributed by atoms with Gasteiger partial charge in [-0.2, -0.15) is 0 Å². The molecule has 0 fully saturated rings. The Morgan fingerprint density at radius 2 is 1.95 bits per heavy atom. The van der Waals surface area contributed by atoms with Gasteiger partial charge < -0.3 is 10.1 Å². The van der Waals surface area contributed by atoms with Crippen LogP contribution in [-0.4, -0.2) is 28.0 Å². The number of primary sulfonamides is 1. The highest BCUT2D eigenvalue weighted by Crippen LogP contribution is 2.22. The Labute approximate surface area is 125 Å². The summed E-state index contributed by atoms with van der Waals surface area (Å²) in [5.74, 6) is 0.659. The van der Waals surface area contributed by atoms with E-state index in [9.17, 15) is 13.2 Å². The van der Waals surface area contributed by atoms with E-state index in [-0.39, 0.29) is 16.4 Å². The Balaban J connectivity index is 3.02. The van der Waals surface area contributed by atoms with E-state index in [1.807, 2.05) is 6.92 Å². The monoisotopic (exact) mass is 314 g/mol. The number of carbonyl (C=O) groups is 1. The number of amides is 1. The second-order valence-electron chi connectivity index (χ2n) is 5.34. The fourth-order valence-electron chi connectivity index (χ4n) is 1.63. The average Bonchev–Trinajstić information content (AvgIpc) is 2.42. The van der Waals surface area contributed by atoms with Crippen molar-refractivity contribution < 1.29 is 17.9 Å². The zero-order chi connectivity index (χ0) is 16.2. The number of carbonyl (C=O) groups excluding carboxylic acids is 1. The number of ether oxygens (including phenoxy) is 1. The van der Waals surface area contributed by atoms with Gasteiger partial charge in [-0.05, 0) is 30.0 Å². The van der Waals surface area contributed by atoms with Gasteiger partial charge in [0.05, 0.1) is 17.6 Å². The molecule has 1 rings (SSSR count). The van der Waals surface area contributed by atoms with Gasteiger partial charge in [-0.25, -0.2) is 13.6 Å². The second kappa shape index (κ2) is 6.91. The zero-order valence-electron chi connectivity index (χ0n) is 12.7. The molecule has 1 aromatic rings. The van der Waals surface area contributed by atoms with Crippen LogP contribution in [0.5, 0.6) is 5.75 Å². The lowest BCUT2D eigenvalue weighted by molar-refractivity contribution is 0.0941. The fourth-order valence-corrected chi connectivity index (χ4v) is 2.17. The van der Waals surface area contributed by atoms with Crippen LogP contribution in [0.4, 0.5) is 0 Å². The highest BCUT2D eigenvalue weighted by molar-refractivity contribution is 7.89. The Bertz CT molecular complexity index is 611. The number of methoxy groups -OCH3 is 1. The molecule has 1 amide bonds. The summed E-state index contributed by atoms with van der Waals surface area (Å²) in [7, 11) is -2.45. The maximum Gasteiger partial charge on any atom is 0.255 e. The SMILES string of the molecule is COc1ccc(S(N)(=O)=O)cc1C(=O)NCC(C)C(C)C. The van der Waals surface area contributed by atoms with E-state index in [4.69, 9.17) is 9.88 Å². The molecule has 3 N–H and O–H groups in total. The van der Waals surface area contributed by atoms with Crippen molar-refractivity contribution in [2.45, 2.75) is 25.7 Å². The molecule has 7 heteroatoms. The van der Waals surface area contributed by atoms with Gasteiger partial charge in [0.15, 0.2) is 0 Å². The molecule has 0 aliphatic rings. The first kappa shape index (κ1) is 17.5. The third-order valence-electron chi connectivity index (χ3n) is 3.47. The molecule has 0 bridgehead atoms. The molecule has 118 valence electrons. The van der Waals surface area contributed by atoms with Gasteiger partial charge in [0.25, 0.3) is 5.91 Å². The van der Waals surface area contributed by atoms with Gasteiger partial charge in [0.2, 0.25) is 10.0 Å². The molecule has 1 aromatic carbocycles. The minimum absolute atomic E-state index is 0.120. The van der Waals surface area contributed by atoms with E-state index in [1.165, 1.54) is 25.3 Å². The highest BCUT2D eigenvalue weighted by atomic mass is 32.2. The van der Waals surface area contributed by atoms with E-state index in [0.29, 0.717) is 24.1 Å². The summed E-state index contributed by atoms with van der Waals surface area (Å²) in [6.07, 6.45) is 0. The lowest BCUT2D eigenvalue weighted by atomic mass is 9.98. The number of hydrogen-bond acceptors (Lipinski definition) is 4. The molecule has 0 saturated heterocycles. The van der Waals surface area contributed by atoms with Crippen LogP contribution in [-0.2, 0) is 10.0 Å². The first-order valence-electron chi connectivity index (χ1n) is 6.65. The Hall–Kier alpha value is -1.60. The van der Waals surface area contributed by atoms with Crippen LogP contribution in [0.1, 0.15) is 31.1 Å². The number of nitrogens with one attached hydrogen (secondary N) is 1. The number of benzene rings is 1. The molecule has 0 spiro atoms. The van der Waals surface area contributed by atoms with Crippen LogP contribution in [0.15, 0.2) is 23.1 Å². The van der Waals surface area contributed by atoms with Crippen LogP contribution in [0.2, 0.25) is 0 Å². The largest absolute Gasteiger partial charge is 0.496 e. The van der Waals surface area contributed by atoms with Crippen LogP contribution in [0, 0.1) is 11.8 Å². The smallest absolute Gasteiger partial charge is 0.255 e. The molecule has 0 aliphatic carbocycles. The van der Waals surface area contributed by atoms with Gasteiger partial charge in [0, 0.05) is 6.54 Å². The molecule has 1 atom stereocenters. The van der Waals surface area contributed by atoms with Gasteiger partial charge in [0.1, 0.15) is 5.75 Å². The van der Waals surface area contributed by atoms with Crippen molar-refractivity contribution in [2.75, 3.05) is 13.7 Å². The van der Waals surface area contributed by atoms with Gasteiger partial charge in [-0.15, -0.1) is 0 Å². The summed E-state index contributed by atoms with van der Waals surface area (Å²) >= 11 is 0. The van der Waals surface area contributed by atoms with E-state index in [0.717, 1.165) is 0 Å². The summed E-state index contributed by atoms with van der Waals surface area (Å²) in [6.45, 7) is 6.67. The first-order valence-corrected chi connectivity index (χ1v) is 8.20. The van der Waals surface area contributed by atoms with Gasteiger partial charge in [-0.1, -0.05) is 20.8 Å². The first-order chi connectivity index (χ1) is 9.66. The van der Waals surface area contributed by atoms with Crippen LogP contribution >= 0.6 is 0 Å². The lowest BCUT2D eigenvalue weighted by Gasteiger charge is -2.17. The van der Waals surface area contributed by atoms with E-state index in [1.54, 1.807) is 0 Å². The van der Waals surface area contributed by atoms with Crippen molar-refractivity contribution in [3.8, 4) is 5.75 Å². The predicted molar refractivity (Wildman–Crippen MR) is 80.7 cm³/mol. The van der Waals surface area contributed by atoms with Crippen molar-refractivity contribution in [1.82, 2.24) is 5.32 Å². The molecule has 0 heterocycles. The van der Waals surface area contributed by atoms with Crippen molar-refractivity contribution in [3.63, 3.8) is 0 Å². The van der Waals surface area contributed by atoms with E-state index >= 15 is 0 Å². The highest BCUT2D eigenvalue weighted by Gasteiger charge is 2.18. The normalized spacial score (nSPS) is 13.0. The summed E-state index contributed by atoms with van der Waals surface area (Å²) < 4.78 is 27.8. The third-order valence-corrected chi connectivity index (χ3v) is 4.38. The van der Waals surface area contributed by atoms with Crippen LogP contribution in [0.25, 0.3) is 0 Å². The molecular weight excluding hydrogens is 292 g/mol. The topological polar surface area (TPSA) is 98.5 Å². The Kier molecular flexibility index (Phi) is 5.74. The summed E-state index contributed by atoms with van der Waals surface area (Å²) in [4.78, 5) is 12.1. The third kappa shape index (κ3) is 4.71. The Morgan fingerprint density at radius 3 is 2.43 bits per heavy atom. The van der Waals surface area contributed by atoms with Crippen LogP contribution < -0.4 is 15.2 Å². The minimum Gasteiger partial charge on any atom is -0.496 e. The minimum atomic E-state index is -3.86. The molecule has 0 saturated carbocycles. The molecule has 1 unspecified atom stereocenters. The second-order valence-corrected chi connectivity index (χ2v) is 6.90. The quantitative estimate of drug-likeness (QED) is 0.828. The average molecular weight is 314 g/mol. The maximum absolute atomic E-state index is 12.2. The maximum atomic E-state index is 12.2. The van der Waals surface area contributed by atoms with Crippen molar-refractivity contribution in [2.24, 2.45) is 17.0 Å². The van der Waals surface area contributed by atoms with Crippen LogP contribution in [0.3, 0.4) is 0 Å². The standard InChI is InChI=1S/C14H22N2O4S/c1-9(2)10(3)8-16-14(17)12-7-11(21(15,18)19)5-6-13(12)20-4/h5-7,9-10H,8H2,1-4H3,(H,16,17)(H2,15,18,19). The molecule has 0 aliphatic heterocycles. The summed E-state index contributed by atoms with van der Waals surface area (Å²) in [5, 5.41) is 7.86. The molecule has 6 nitrogen and oxygen atoms in total. The van der Waals surface area contributed by atoms with Gasteiger partial charge in [-0.3, -0.25) is 4.79 Å². The summed E-state index contributed by atoms with van der Waals surface area (Å²) in [5.41, 5.74) is 0.153. The van der Waals surface area contributed by atoms with E-state index < -0.39 is 10.0 Å². The number of nitrogens with two attached hydrogens (primary N) is 1. The zero-order valence-corrected chi connectivity index (χ0v) is 13.5. The van der Waals surface area contributed by atoms with Crippen molar-refractivity contribution >= 4 is 15.9 Å². The van der Waals surface area contributed by atoms with Crippen molar-refractivity contribution in [3.05, 3.63) is 23.8 Å².